The molecular formula is C12H21N3O. The number of likely N-dealkylation sites (N-methyl/N-ethyl adjacent to an activating group) is 1. The molecule has 1 heterocycles. The Labute approximate surface area is 97.2 Å². The molecule has 4 heteroatoms. The molecule has 0 aromatic carbocycles. The maximum Gasteiger partial charge on any atom is 0.128 e. The van der Waals surface area contributed by atoms with Crippen LogP contribution in [0.4, 0.5) is 5.82 Å². The number of nitrogens with zero attached hydrogens (tertiary/aromatic N) is 1. The normalized spacial score (nSPS) is 12.7. The van der Waals surface area contributed by atoms with Crippen LogP contribution in [-0.2, 0) is 4.74 Å². The van der Waals surface area contributed by atoms with Gasteiger partial charge in [-0.3, -0.25) is 0 Å². The van der Waals surface area contributed by atoms with Crippen LogP contribution < -0.4 is 11.1 Å². The number of nitrogen functional groups attached to an aromatic ring is 1. The first-order valence-electron chi connectivity index (χ1n) is 5.72. The van der Waals surface area contributed by atoms with Crippen LogP contribution in [0.1, 0.15) is 31.0 Å². The van der Waals surface area contributed by atoms with Gasteiger partial charge in [-0.1, -0.05) is 6.92 Å². The highest BCUT2D eigenvalue weighted by Gasteiger charge is 2.14. The molecule has 0 saturated heterocycles. The molecule has 4 nitrogen and oxygen atoms in total. The van der Waals surface area contributed by atoms with E-state index in [1.165, 1.54) is 0 Å². The molecule has 0 aliphatic carbocycles. The molecule has 0 fully saturated rings. The molecule has 1 aromatic rings. The van der Waals surface area contributed by atoms with Crippen LogP contribution in [0.5, 0.6) is 0 Å². The van der Waals surface area contributed by atoms with E-state index in [4.69, 9.17) is 10.5 Å². The second-order valence-corrected chi connectivity index (χ2v) is 3.76. The Bertz CT molecular complexity index is 328. The Morgan fingerprint density at radius 3 is 2.88 bits per heavy atom. The van der Waals surface area contributed by atoms with E-state index in [0.29, 0.717) is 19.0 Å². The standard InChI is InChI=1S/C12H21N3O/c1-4-14-11(8-16-5-2)10-6-9(3)7-15-12(10)13/h6-7,11,14H,4-5,8H2,1-3H3,(H2,13,15). The summed E-state index contributed by atoms with van der Waals surface area (Å²) in [7, 11) is 0. The molecule has 1 unspecified atom stereocenters. The number of pyridine rings is 1. The maximum atomic E-state index is 5.89. The lowest BCUT2D eigenvalue weighted by Gasteiger charge is -2.19. The molecule has 0 spiro atoms. The molecule has 0 bridgehead atoms. The quantitative estimate of drug-likeness (QED) is 0.770. The average Bonchev–Trinajstić information content (AvgIpc) is 2.28. The summed E-state index contributed by atoms with van der Waals surface area (Å²) in [5, 5.41) is 3.36. The van der Waals surface area contributed by atoms with Crippen LogP contribution in [0.25, 0.3) is 0 Å². The van der Waals surface area contributed by atoms with Crippen molar-refractivity contribution in [2.24, 2.45) is 0 Å². The predicted molar refractivity (Wildman–Crippen MR) is 66.3 cm³/mol. The fourth-order valence-electron chi connectivity index (χ4n) is 1.62. The zero-order valence-electron chi connectivity index (χ0n) is 10.3. The van der Waals surface area contributed by atoms with E-state index in [1.54, 1.807) is 6.20 Å². The van der Waals surface area contributed by atoms with E-state index in [-0.39, 0.29) is 6.04 Å². The van der Waals surface area contributed by atoms with Crippen molar-refractivity contribution >= 4 is 5.82 Å². The van der Waals surface area contributed by atoms with Gasteiger partial charge in [0.05, 0.1) is 12.6 Å². The van der Waals surface area contributed by atoms with Gasteiger partial charge in [-0.15, -0.1) is 0 Å². The summed E-state index contributed by atoms with van der Waals surface area (Å²) in [5.41, 5.74) is 8.02. The van der Waals surface area contributed by atoms with Crippen molar-refractivity contribution < 1.29 is 4.74 Å². The van der Waals surface area contributed by atoms with Crippen LogP contribution >= 0.6 is 0 Å². The van der Waals surface area contributed by atoms with E-state index in [2.05, 4.69) is 23.3 Å². The summed E-state index contributed by atoms with van der Waals surface area (Å²) in [6.07, 6.45) is 1.78. The van der Waals surface area contributed by atoms with Gasteiger partial charge in [-0.2, -0.15) is 0 Å². The van der Waals surface area contributed by atoms with Crippen molar-refractivity contribution in [3.63, 3.8) is 0 Å². The van der Waals surface area contributed by atoms with Gasteiger partial charge in [0.15, 0.2) is 0 Å². The number of nitrogens with one attached hydrogen (secondary N) is 1. The van der Waals surface area contributed by atoms with Crippen LogP contribution in [0, 0.1) is 6.92 Å². The maximum absolute atomic E-state index is 5.89. The summed E-state index contributed by atoms with van der Waals surface area (Å²) >= 11 is 0. The minimum atomic E-state index is 0.123. The molecule has 90 valence electrons. The highest BCUT2D eigenvalue weighted by molar-refractivity contribution is 5.43. The number of hydrogen-bond acceptors (Lipinski definition) is 4. The Kier molecular flexibility index (Phi) is 5.22. The van der Waals surface area contributed by atoms with E-state index in [1.807, 2.05) is 13.8 Å². The first-order chi connectivity index (χ1) is 7.69. The number of nitrogens with two attached hydrogens (primary N) is 1. The smallest absolute Gasteiger partial charge is 0.128 e. The van der Waals surface area contributed by atoms with Crippen molar-refractivity contribution in [2.75, 3.05) is 25.5 Å². The SMILES string of the molecule is CCNC(COCC)c1cc(C)cnc1N. The summed E-state index contributed by atoms with van der Waals surface area (Å²) in [6, 6.07) is 2.19. The minimum Gasteiger partial charge on any atom is -0.383 e. The number of hydrogen-bond donors (Lipinski definition) is 2. The zero-order chi connectivity index (χ0) is 12.0. The molecule has 1 atom stereocenters. The second-order valence-electron chi connectivity index (χ2n) is 3.76. The first-order valence-corrected chi connectivity index (χ1v) is 5.72. The van der Waals surface area contributed by atoms with Gasteiger partial charge in [0.25, 0.3) is 0 Å². The molecule has 0 aliphatic rings. The van der Waals surface area contributed by atoms with Crippen molar-refractivity contribution in [3.05, 3.63) is 23.4 Å². The van der Waals surface area contributed by atoms with Crippen LogP contribution in [0.15, 0.2) is 12.3 Å². The molecule has 16 heavy (non-hydrogen) atoms. The molecule has 0 aliphatic heterocycles. The molecule has 0 radical (unpaired) electrons. The number of aromatic nitrogens is 1. The van der Waals surface area contributed by atoms with Gasteiger partial charge in [0.2, 0.25) is 0 Å². The lowest BCUT2D eigenvalue weighted by molar-refractivity contribution is 0.123. The average molecular weight is 223 g/mol. The lowest BCUT2D eigenvalue weighted by atomic mass is 10.1. The Hall–Kier alpha value is -1.13. The van der Waals surface area contributed by atoms with E-state index in [0.717, 1.165) is 17.7 Å². The third kappa shape index (κ3) is 3.47. The third-order valence-electron chi connectivity index (χ3n) is 2.40. The van der Waals surface area contributed by atoms with Gasteiger partial charge >= 0.3 is 0 Å². The van der Waals surface area contributed by atoms with Crippen molar-refractivity contribution in [3.8, 4) is 0 Å². The lowest BCUT2D eigenvalue weighted by Crippen LogP contribution is -2.26. The molecule has 3 N–H and O–H groups in total. The van der Waals surface area contributed by atoms with Gasteiger partial charge < -0.3 is 15.8 Å². The fourth-order valence-corrected chi connectivity index (χ4v) is 1.62. The van der Waals surface area contributed by atoms with Gasteiger partial charge in [-0.05, 0) is 32.0 Å². The predicted octanol–water partition coefficient (Wildman–Crippen LogP) is 1.66. The summed E-state index contributed by atoms with van der Waals surface area (Å²) in [5.74, 6) is 0.580. The van der Waals surface area contributed by atoms with Gasteiger partial charge in [-0.25, -0.2) is 4.98 Å². The topological polar surface area (TPSA) is 60.2 Å². The number of rotatable bonds is 6. The summed E-state index contributed by atoms with van der Waals surface area (Å²) in [4.78, 5) is 4.17. The van der Waals surface area contributed by atoms with Crippen LogP contribution in [-0.4, -0.2) is 24.7 Å². The molecule has 0 amide bonds. The highest BCUT2D eigenvalue weighted by Crippen LogP contribution is 2.19. The van der Waals surface area contributed by atoms with Gasteiger partial charge in [0.1, 0.15) is 5.82 Å². The molecule has 1 aromatic heterocycles. The van der Waals surface area contributed by atoms with Crippen molar-refractivity contribution in [2.45, 2.75) is 26.8 Å². The van der Waals surface area contributed by atoms with Crippen molar-refractivity contribution in [1.29, 1.82) is 0 Å². The monoisotopic (exact) mass is 223 g/mol. The fraction of sp³-hybridized carbons (Fsp3) is 0.583. The van der Waals surface area contributed by atoms with Crippen LogP contribution in [0.3, 0.4) is 0 Å². The summed E-state index contributed by atoms with van der Waals surface area (Å²) < 4.78 is 5.45. The Morgan fingerprint density at radius 1 is 1.50 bits per heavy atom. The number of anilines is 1. The molecule has 1 rings (SSSR count). The second kappa shape index (κ2) is 6.45. The highest BCUT2D eigenvalue weighted by atomic mass is 16.5. The van der Waals surface area contributed by atoms with Crippen molar-refractivity contribution in [1.82, 2.24) is 10.3 Å². The zero-order valence-corrected chi connectivity index (χ0v) is 10.3. The van der Waals surface area contributed by atoms with E-state index < -0.39 is 0 Å². The summed E-state index contributed by atoms with van der Waals surface area (Å²) in [6.45, 7) is 8.28. The third-order valence-corrected chi connectivity index (χ3v) is 2.40. The minimum absolute atomic E-state index is 0.123. The number of ether oxygens (including phenoxy) is 1. The van der Waals surface area contributed by atoms with E-state index >= 15 is 0 Å². The van der Waals surface area contributed by atoms with Crippen LogP contribution in [0.2, 0.25) is 0 Å². The molecular weight excluding hydrogens is 202 g/mol. The Balaban J connectivity index is 2.85. The first kappa shape index (κ1) is 12.9. The Morgan fingerprint density at radius 2 is 2.25 bits per heavy atom. The number of aryl methyl sites for hydroxylation is 1. The van der Waals surface area contributed by atoms with Gasteiger partial charge in [0, 0.05) is 18.4 Å². The van der Waals surface area contributed by atoms with E-state index in [9.17, 15) is 0 Å². The molecule has 0 saturated carbocycles. The largest absolute Gasteiger partial charge is 0.383 e.